The first-order valence-corrected chi connectivity index (χ1v) is 11.1. The highest BCUT2D eigenvalue weighted by Gasteiger charge is 2.13. The molecule has 0 aliphatic heterocycles. The van der Waals surface area contributed by atoms with Gasteiger partial charge in [0.15, 0.2) is 5.96 Å². The Hall–Kier alpha value is -2.43. The molecule has 0 saturated carbocycles. The summed E-state index contributed by atoms with van der Waals surface area (Å²) in [5, 5.41) is 10.6. The Morgan fingerprint density at radius 1 is 1.11 bits per heavy atom. The van der Waals surface area contributed by atoms with Gasteiger partial charge in [0.25, 0.3) is 5.91 Å². The van der Waals surface area contributed by atoms with Crippen molar-refractivity contribution >= 4 is 33.2 Å². The number of hydrogen-bond acceptors (Lipinski definition) is 5. The highest BCUT2D eigenvalue weighted by Crippen LogP contribution is 2.14. The van der Waals surface area contributed by atoms with Crippen molar-refractivity contribution in [2.75, 3.05) is 33.7 Å². The SMILES string of the molecule is CN=C(NCCNS(=O)(=O)c1cccs1)NCCc1cccc(C(=O)NC)c1. The van der Waals surface area contributed by atoms with Crippen molar-refractivity contribution in [3.05, 3.63) is 52.9 Å². The van der Waals surface area contributed by atoms with Gasteiger partial charge in [-0.05, 0) is 35.6 Å². The van der Waals surface area contributed by atoms with Crippen LogP contribution in [0.3, 0.4) is 0 Å². The van der Waals surface area contributed by atoms with Crippen molar-refractivity contribution in [2.45, 2.75) is 10.6 Å². The van der Waals surface area contributed by atoms with Gasteiger partial charge in [-0.1, -0.05) is 18.2 Å². The second-order valence-corrected chi connectivity index (χ2v) is 8.73. The summed E-state index contributed by atoms with van der Waals surface area (Å²) in [6.45, 7) is 1.27. The first-order valence-electron chi connectivity index (χ1n) is 8.75. The summed E-state index contributed by atoms with van der Waals surface area (Å²) < 4.78 is 26.9. The maximum Gasteiger partial charge on any atom is 0.251 e. The molecule has 0 spiro atoms. The summed E-state index contributed by atoms with van der Waals surface area (Å²) in [5.41, 5.74) is 1.66. The molecule has 0 atom stereocenters. The first kappa shape index (κ1) is 21.9. The summed E-state index contributed by atoms with van der Waals surface area (Å²) in [6, 6.07) is 10.7. The van der Waals surface area contributed by atoms with E-state index in [1.54, 1.807) is 37.7 Å². The van der Waals surface area contributed by atoms with E-state index in [0.29, 0.717) is 28.8 Å². The van der Waals surface area contributed by atoms with Crippen LogP contribution in [0.5, 0.6) is 0 Å². The number of thiophene rings is 1. The molecule has 4 N–H and O–H groups in total. The number of hydrogen-bond donors (Lipinski definition) is 4. The van der Waals surface area contributed by atoms with Crippen LogP contribution < -0.4 is 20.7 Å². The number of benzene rings is 1. The van der Waals surface area contributed by atoms with E-state index in [1.807, 2.05) is 18.2 Å². The Labute approximate surface area is 169 Å². The van der Waals surface area contributed by atoms with Crippen LogP contribution in [0, 0.1) is 0 Å². The Bertz CT molecular complexity index is 896. The standard InChI is InChI=1S/C18H25N5O3S2/c1-19-17(24)15-6-3-5-14(13-15)8-9-21-18(20-2)22-10-11-23-28(25,26)16-7-4-12-27-16/h3-7,12-13,23H,8-11H2,1-2H3,(H,19,24)(H2,20,21,22). The molecule has 0 fully saturated rings. The van der Waals surface area contributed by atoms with E-state index in [4.69, 9.17) is 0 Å². The molecule has 0 unspecified atom stereocenters. The van der Waals surface area contributed by atoms with Gasteiger partial charge in [-0.2, -0.15) is 0 Å². The van der Waals surface area contributed by atoms with Crippen LogP contribution in [-0.2, 0) is 16.4 Å². The van der Waals surface area contributed by atoms with Gasteiger partial charge < -0.3 is 16.0 Å². The highest BCUT2D eigenvalue weighted by molar-refractivity contribution is 7.91. The Kier molecular flexibility index (Phi) is 8.42. The molecule has 0 aliphatic carbocycles. The van der Waals surface area contributed by atoms with Gasteiger partial charge >= 0.3 is 0 Å². The van der Waals surface area contributed by atoms with Crippen LogP contribution in [0.4, 0.5) is 0 Å². The van der Waals surface area contributed by atoms with Crippen LogP contribution in [0.1, 0.15) is 15.9 Å². The molecule has 0 saturated heterocycles. The molecule has 1 aromatic carbocycles. The van der Waals surface area contributed by atoms with Gasteiger partial charge in [0, 0.05) is 39.3 Å². The Morgan fingerprint density at radius 3 is 2.57 bits per heavy atom. The number of guanidine groups is 1. The number of carbonyl (C=O) groups is 1. The minimum Gasteiger partial charge on any atom is -0.356 e. The van der Waals surface area contributed by atoms with Crippen LogP contribution in [-0.4, -0.2) is 54.0 Å². The summed E-state index contributed by atoms with van der Waals surface area (Å²) in [7, 11) is -0.198. The molecule has 28 heavy (non-hydrogen) atoms. The number of nitrogens with zero attached hydrogens (tertiary/aromatic N) is 1. The normalized spacial score (nSPS) is 11.9. The third-order valence-electron chi connectivity index (χ3n) is 3.82. The molecule has 10 heteroatoms. The van der Waals surface area contributed by atoms with E-state index in [2.05, 4.69) is 25.7 Å². The van der Waals surface area contributed by atoms with Crippen molar-refractivity contribution in [1.82, 2.24) is 20.7 Å². The van der Waals surface area contributed by atoms with Gasteiger partial charge in [-0.3, -0.25) is 9.79 Å². The molecule has 1 amide bonds. The van der Waals surface area contributed by atoms with E-state index < -0.39 is 10.0 Å². The second-order valence-electron chi connectivity index (χ2n) is 5.79. The fourth-order valence-electron chi connectivity index (χ4n) is 2.41. The molecule has 0 radical (unpaired) electrons. The average Bonchev–Trinajstić information content (AvgIpc) is 3.25. The lowest BCUT2D eigenvalue weighted by atomic mass is 10.1. The molecule has 152 valence electrons. The third kappa shape index (κ3) is 6.63. The van der Waals surface area contributed by atoms with Crippen molar-refractivity contribution < 1.29 is 13.2 Å². The lowest BCUT2D eigenvalue weighted by Gasteiger charge is -2.12. The molecule has 8 nitrogen and oxygen atoms in total. The van der Waals surface area contributed by atoms with E-state index >= 15 is 0 Å². The number of sulfonamides is 1. The van der Waals surface area contributed by atoms with Gasteiger partial charge in [0.05, 0.1) is 0 Å². The van der Waals surface area contributed by atoms with Crippen LogP contribution >= 0.6 is 11.3 Å². The summed E-state index contributed by atoms with van der Waals surface area (Å²) >= 11 is 1.18. The smallest absolute Gasteiger partial charge is 0.251 e. The van der Waals surface area contributed by atoms with Gasteiger partial charge in [0.1, 0.15) is 4.21 Å². The summed E-state index contributed by atoms with van der Waals surface area (Å²) in [6.07, 6.45) is 0.719. The van der Waals surface area contributed by atoms with E-state index in [-0.39, 0.29) is 12.5 Å². The number of nitrogens with one attached hydrogen (secondary N) is 4. The number of aliphatic imine (C=N–C) groups is 1. The molecule has 0 bridgehead atoms. The molecule has 1 heterocycles. The van der Waals surface area contributed by atoms with Crippen molar-refractivity contribution in [2.24, 2.45) is 4.99 Å². The van der Waals surface area contributed by atoms with Crippen LogP contribution in [0.2, 0.25) is 0 Å². The monoisotopic (exact) mass is 423 g/mol. The second kappa shape index (κ2) is 10.8. The minimum atomic E-state index is -3.45. The van der Waals surface area contributed by atoms with Gasteiger partial charge in [-0.25, -0.2) is 13.1 Å². The predicted molar refractivity (Wildman–Crippen MR) is 112 cm³/mol. The largest absolute Gasteiger partial charge is 0.356 e. The quantitative estimate of drug-likeness (QED) is 0.271. The zero-order valence-electron chi connectivity index (χ0n) is 15.9. The predicted octanol–water partition coefficient (Wildman–Crippen LogP) is 0.794. The highest BCUT2D eigenvalue weighted by atomic mass is 32.2. The van der Waals surface area contributed by atoms with Crippen LogP contribution in [0.15, 0.2) is 51.0 Å². The third-order valence-corrected chi connectivity index (χ3v) is 6.67. The van der Waals surface area contributed by atoms with Crippen molar-refractivity contribution in [1.29, 1.82) is 0 Å². The Balaban J connectivity index is 1.73. The Morgan fingerprint density at radius 2 is 1.89 bits per heavy atom. The van der Waals surface area contributed by atoms with Crippen molar-refractivity contribution in [3.8, 4) is 0 Å². The van der Waals surface area contributed by atoms with E-state index in [9.17, 15) is 13.2 Å². The lowest BCUT2D eigenvalue weighted by molar-refractivity contribution is 0.0963. The maximum absolute atomic E-state index is 12.0. The van der Waals surface area contributed by atoms with Crippen LogP contribution in [0.25, 0.3) is 0 Å². The topological polar surface area (TPSA) is 112 Å². The van der Waals surface area contributed by atoms with E-state index in [0.717, 1.165) is 12.0 Å². The maximum atomic E-state index is 12.0. The molecule has 1 aromatic heterocycles. The first-order chi connectivity index (χ1) is 13.5. The summed E-state index contributed by atoms with van der Waals surface area (Å²) in [4.78, 5) is 15.8. The zero-order chi connectivity index (χ0) is 20.4. The summed E-state index contributed by atoms with van der Waals surface area (Å²) in [5.74, 6) is 0.468. The zero-order valence-corrected chi connectivity index (χ0v) is 17.5. The molecular weight excluding hydrogens is 398 g/mol. The van der Waals surface area contributed by atoms with Gasteiger partial charge in [-0.15, -0.1) is 11.3 Å². The number of amides is 1. The molecule has 2 rings (SSSR count). The lowest BCUT2D eigenvalue weighted by Crippen LogP contribution is -2.42. The molecule has 2 aromatic rings. The van der Waals surface area contributed by atoms with Gasteiger partial charge in [0.2, 0.25) is 10.0 Å². The molecular formula is C18H25N5O3S2. The fraction of sp³-hybridized carbons (Fsp3) is 0.333. The molecule has 0 aliphatic rings. The van der Waals surface area contributed by atoms with Crippen molar-refractivity contribution in [3.63, 3.8) is 0 Å². The minimum absolute atomic E-state index is 0.114. The number of rotatable bonds is 9. The fourth-order valence-corrected chi connectivity index (χ4v) is 4.48. The number of carbonyl (C=O) groups excluding carboxylic acids is 1. The average molecular weight is 424 g/mol. The van der Waals surface area contributed by atoms with E-state index in [1.165, 1.54) is 11.3 Å².